The first-order chi connectivity index (χ1) is 18.3. The number of aliphatic hydroxyl groups excluding tert-OH is 3. The summed E-state index contributed by atoms with van der Waals surface area (Å²) in [5.74, 6) is -12.9. The highest BCUT2D eigenvalue weighted by molar-refractivity contribution is 6.23. The number of carboxylic acids is 2. The fourth-order valence-electron chi connectivity index (χ4n) is 5.58. The number of amides is 1. The molecule has 0 aromatic heterocycles. The molecule has 0 saturated heterocycles. The smallest absolute Gasteiger partial charge is 0.340 e. The molecule has 0 radical (unpaired) electrons. The zero-order chi connectivity index (χ0) is 28.9. The zero-order valence-electron chi connectivity index (χ0n) is 20.4. The van der Waals surface area contributed by atoms with E-state index in [0.29, 0.717) is 11.6 Å². The first-order valence-corrected chi connectivity index (χ1v) is 11.8. The minimum Gasteiger partial charge on any atom is -0.508 e. The highest BCUT2D eigenvalue weighted by atomic mass is 16.4. The van der Waals surface area contributed by atoms with Gasteiger partial charge in [-0.3, -0.25) is 14.4 Å². The normalized spacial score (nSPS) is 25.9. The van der Waals surface area contributed by atoms with Gasteiger partial charge in [0.2, 0.25) is 5.91 Å². The summed E-state index contributed by atoms with van der Waals surface area (Å²) in [6.07, 6.45) is -5.49. The van der Waals surface area contributed by atoms with Gasteiger partial charge in [-0.05, 0) is 24.1 Å². The van der Waals surface area contributed by atoms with E-state index < -0.39 is 93.3 Å². The molecular formula is C26H25NO12. The van der Waals surface area contributed by atoms with Crippen molar-refractivity contribution in [3.63, 3.8) is 0 Å². The highest BCUT2D eigenvalue weighted by Crippen LogP contribution is 2.49. The molecule has 2 aromatic carbocycles. The van der Waals surface area contributed by atoms with Gasteiger partial charge in [0.15, 0.2) is 11.6 Å². The Morgan fingerprint density at radius 1 is 0.795 bits per heavy atom. The summed E-state index contributed by atoms with van der Waals surface area (Å²) in [6.45, 7) is 1.55. The Morgan fingerprint density at radius 2 is 1.38 bits per heavy atom. The zero-order valence-corrected chi connectivity index (χ0v) is 20.4. The number of carbonyl (C=O) groups excluding carboxylic acids is 3. The number of hydrogen-bond donors (Lipinski definition) is 8. The molecular weight excluding hydrogens is 518 g/mol. The Kier molecular flexibility index (Phi) is 7.17. The summed E-state index contributed by atoms with van der Waals surface area (Å²) in [5, 5.41) is 75.7. The van der Waals surface area contributed by atoms with Crippen molar-refractivity contribution in [3.8, 4) is 11.5 Å². The van der Waals surface area contributed by atoms with Gasteiger partial charge < -0.3 is 41.1 Å². The van der Waals surface area contributed by atoms with Crippen molar-refractivity contribution in [1.82, 2.24) is 5.32 Å². The van der Waals surface area contributed by atoms with E-state index >= 15 is 0 Å². The summed E-state index contributed by atoms with van der Waals surface area (Å²) in [6, 6.07) is 4.78. The Bertz CT molecular complexity index is 1420. The minimum atomic E-state index is -1.97. The molecule has 1 fully saturated rings. The molecule has 6 unspecified atom stereocenters. The fourth-order valence-corrected chi connectivity index (χ4v) is 5.58. The maximum atomic E-state index is 13.7. The standard InChI is InChI=1S/C26H25NO12/c1-8(28)27-5-4-9-2-3-12(29)10(6-9)15-22(33)19-18(24(35)23(15)34)20(31)11-7-13(30)16(25(36)37)17(26(38)39)14(11)21(19)32/h2-3,6-7,15,18-19,22-24,29-30,33-35H,4-5H2,1H3,(H,27,28)(H,36,37)(H,38,39). The van der Waals surface area contributed by atoms with Gasteiger partial charge in [0.25, 0.3) is 0 Å². The average Bonchev–Trinajstić information content (AvgIpc) is 2.85. The quantitative estimate of drug-likeness (QED) is 0.234. The maximum Gasteiger partial charge on any atom is 0.340 e. The molecule has 1 saturated carbocycles. The van der Waals surface area contributed by atoms with Gasteiger partial charge in [-0.15, -0.1) is 0 Å². The first kappa shape index (κ1) is 27.7. The van der Waals surface area contributed by atoms with Crippen molar-refractivity contribution in [3.05, 3.63) is 57.6 Å². The van der Waals surface area contributed by atoms with Crippen LogP contribution in [0.1, 0.15) is 65.4 Å². The number of carbonyl (C=O) groups is 5. The SMILES string of the molecule is CC(=O)NCCc1ccc(O)c(C2C(O)C(O)C3C(=O)c4cc(O)c(C(=O)O)c(C(=O)O)c4C(=O)C3C2O)c1. The van der Waals surface area contributed by atoms with Crippen molar-refractivity contribution in [2.24, 2.45) is 11.8 Å². The van der Waals surface area contributed by atoms with Crippen LogP contribution in [-0.4, -0.2) is 90.0 Å². The van der Waals surface area contributed by atoms with Gasteiger partial charge in [-0.2, -0.15) is 0 Å². The number of nitrogens with one attached hydrogen (secondary N) is 1. The number of aliphatic hydroxyl groups is 3. The molecule has 206 valence electrons. The van der Waals surface area contributed by atoms with Crippen molar-refractivity contribution >= 4 is 29.4 Å². The number of aromatic carboxylic acids is 2. The Morgan fingerprint density at radius 3 is 1.97 bits per heavy atom. The first-order valence-electron chi connectivity index (χ1n) is 11.8. The van der Waals surface area contributed by atoms with Gasteiger partial charge in [0.1, 0.15) is 17.1 Å². The maximum absolute atomic E-state index is 13.7. The number of aromatic hydroxyl groups is 2. The van der Waals surface area contributed by atoms with Gasteiger partial charge in [0, 0.05) is 36.1 Å². The second-order valence-electron chi connectivity index (χ2n) is 9.58. The molecule has 2 aromatic rings. The molecule has 0 aliphatic heterocycles. The van der Waals surface area contributed by atoms with Crippen LogP contribution in [0.5, 0.6) is 11.5 Å². The lowest BCUT2D eigenvalue weighted by molar-refractivity contribution is -0.118. The molecule has 2 aliphatic rings. The predicted molar refractivity (Wildman–Crippen MR) is 129 cm³/mol. The lowest BCUT2D eigenvalue weighted by atomic mass is 9.59. The number of phenols is 2. The largest absolute Gasteiger partial charge is 0.508 e. The summed E-state index contributed by atoms with van der Waals surface area (Å²) >= 11 is 0. The number of fused-ring (bicyclic) bond motifs is 2. The Balaban J connectivity index is 1.84. The molecule has 1 amide bonds. The second kappa shape index (κ2) is 10.1. The van der Waals surface area contributed by atoms with Gasteiger partial charge >= 0.3 is 11.9 Å². The van der Waals surface area contributed by atoms with Crippen LogP contribution in [0, 0.1) is 11.8 Å². The number of Topliss-reactive ketones (excluding diaryl/α,β-unsaturated/α-hetero) is 2. The summed E-state index contributed by atoms with van der Waals surface area (Å²) in [7, 11) is 0. The van der Waals surface area contributed by atoms with E-state index in [2.05, 4.69) is 5.32 Å². The van der Waals surface area contributed by atoms with Crippen LogP contribution in [0.3, 0.4) is 0 Å². The van der Waals surface area contributed by atoms with E-state index in [1.54, 1.807) is 0 Å². The number of benzene rings is 2. The summed E-state index contributed by atoms with van der Waals surface area (Å²) in [4.78, 5) is 61.9. The predicted octanol–water partition coefficient (Wildman–Crippen LogP) is -0.336. The molecule has 8 N–H and O–H groups in total. The number of carboxylic acid groups (broad SMARTS) is 2. The van der Waals surface area contributed by atoms with Crippen LogP contribution in [0.25, 0.3) is 0 Å². The van der Waals surface area contributed by atoms with E-state index in [1.165, 1.54) is 25.1 Å². The monoisotopic (exact) mass is 543 g/mol. The molecule has 0 spiro atoms. The van der Waals surface area contributed by atoms with Gasteiger partial charge in [-0.1, -0.05) is 12.1 Å². The number of phenolic OH excluding ortho intramolecular Hbond substituents is 1. The molecule has 0 heterocycles. The summed E-state index contributed by atoms with van der Waals surface area (Å²) < 4.78 is 0. The second-order valence-corrected chi connectivity index (χ2v) is 9.58. The van der Waals surface area contributed by atoms with Crippen molar-refractivity contribution in [2.75, 3.05) is 6.54 Å². The molecule has 4 rings (SSSR count). The molecule has 13 heteroatoms. The minimum absolute atomic E-state index is 0.0748. The fraction of sp³-hybridized carbons (Fsp3) is 0.346. The van der Waals surface area contributed by atoms with Crippen LogP contribution in [0.2, 0.25) is 0 Å². The molecule has 0 bridgehead atoms. The number of rotatable bonds is 6. The van der Waals surface area contributed by atoms with Crippen LogP contribution in [0.15, 0.2) is 24.3 Å². The third kappa shape index (κ3) is 4.50. The van der Waals surface area contributed by atoms with Crippen molar-refractivity contribution < 1.29 is 59.7 Å². The Hall–Kier alpha value is -4.33. The molecule has 39 heavy (non-hydrogen) atoms. The van der Waals surface area contributed by atoms with Gasteiger partial charge in [0.05, 0.1) is 35.7 Å². The van der Waals surface area contributed by atoms with E-state index in [1.807, 2.05) is 0 Å². The third-order valence-corrected chi connectivity index (χ3v) is 7.30. The lowest BCUT2D eigenvalue weighted by Crippen LogP contribution is -2.60. The van der Waals surface area contributed by atoms with Crippen LogP contribution in [0.4, 0.5) is 0 Å². The average molecular weight is 543 g/mol. The van der Waals surface area contributed by atoms with E-state index in [9.17, 15) is 59.7 Å². The Labute approximate surface area is 220 Å². The van der Waals surface area contributed by atoms with Crippen LogP contribution in [-0.2, 0) is 11.2 Å². The van der Waals surface area contributed by atoms with Crippen LogP contribution >= 0.6 is 0 Å². The van der Waals surface area contributed by atoms with Crippen molar-refractivity contribution in [2.45, 2.75) is 37.6 Å². The topological polar surface area (TPSA) is 239 Å². The van der Waals surface area contributed by atoms with E-state index in [4.69, 9.17) is 0 Å². The highest BCUT2D eigenvalue weighted by Gasteiger charge is 2.59. The van der Waals surface area contributed by atoms with E-state index in [-0.39, 0.29) is 24.4 Å². The third-order valence-electron chi connectivity index (χ3n) is 7.30. The molecule has 2 aliphatic carbocycles. The summed E-state index contributed by atoms with van der Waals surface area (Å²) in [5.41, 5.74) is -3.32. The molecule has 13 nitrogen and oxygen atoms in total. The van der Waals surface area contributed by atoms with Crippen molar-refractivity contribution in [1.29, 1.82) is 0 Å². The molecule has 6 atom stereocenters. The van der Waals surface area contributed by atoms with E-state index in [0.717, 1.165) is 0 Å². The number of hydrogen-bond acceptors (Lipinski definition) is 10. The number of ketones is 2. The lowest BCUT2D eigenvalue weighted by Gasteiger charge is -2.47. The van der Waals surface area contributed by atoms with Gasteiger partial charge in [-0.25, -0.2) is 9.59 Å². The van der Waals surface area contributed by atoms with Crippen LogP contribution < -0.4 is 5.32 Å².